The molecule has 0 saturated carbocycles. The highest BCUT2D eigenvalue weighted by molar-refractivity contribution is 6.02. The Bertz CT molecular complexity index is 689. The first-order valence-electron chi connectivity index (χ1n) is 8.19. The highest BCUT2D eigenvalue weighted by Crippen LogP contribution is 2.15. The molecule has 2 aromatic rings. The second-order valence-electron chi connectivity index (χ2n) is 6.15. The van der Waals surface area contributed by atoms with Crippen LogP contribution in [-0.4, -0.2) is 35.4 Å². The van der Waals surface area contributed by atoms with Gasteiger partial charge in [0.25, 0.3) is 5.91 Å². The molecule has 0 radical (unpaired) electrons. The van der Waals surface area contributed by atoms with Gasteiger partial charge in [0.05, 0.1) is 6.10 Å². The number of nitrogens with zero attached hydrogens (tertiary/aromatic N) is 2. The third-order valence-corrected chi connectivity index (χ3v) is 3.91. The van der Waals surface area contributed by atoms with E-state index in [1.165, 1.54) is 0 Å². The van der Waals surface area contributed by atoms with E-state index in [9.17, 15) is 4.79 Å². The molecule has 1 amide bonds. The molecule has 1 aliphatic rings. The summed E-state index contributed by atoms with van der Waals surface area (Å²) < 4.78 is 5.55. The van der Waals surface area contributed by atoms with Crippen LogP contribution in [0.5, 0.6) is 0 Å². The molecule has 3 rings (SSSR count). The van der Waals surface area contributed by atoms with Crippen molar-refractivity contribution in [2.24, 2.45) is 0 Å². The molecule has 2 heterocycles. The minimum absolute atomic E-state index is 0.235. The first-order chi connectivity index (χ1) is 11.6. The maximum atomic E-state index is 12.3. The predicted octanol–water partition coefficient (Wildman–Crippen LogP) is 2.94. The first kappa shape index (κ1) is 16.4. The summed E-state index contributed by atoms with van der Waals surface area (Å²) in [4.78, 5) is 12.3. The van der Waals surface area contributed by atoms with Crippen LogP contribution in [0.1, 0.15) is 34.5 Å². The summed E-state index contributed by atoms with van der Waals surface area (Å²) in [5.74, 6) is 0.381. The van der Waals surface area contributed by atoms with Crippen molar-refractivity contribution in [1.29, 1.82) is 0 Å². The highest BCUT2D eigenvalue weighted by Gasteiger charge is 2.15. The van der Waals surface area contributed by atoms with Crippen LogP contribution < -0.4 is 10.6 Å². The second-order valence-corrected chi connectivity index (χ2v) is 6.15. The largest absolute Gasteiger partial charge is 0.376 e. The van der Waals surface area contributed by atoms with Gasteiger partial charge in [-0.2, -0.15) is 0 Å². The van der Waals surface area contributed by atoms with Gasteiger partial charge in [0.15, 0.2) is 5.69 Å². The van der Waals surface area contributed by atoms with Gasteiger partial charge in [-0.05, 0) is 62.1 Å². The molecule has 1 aromatic carbocycles. The molecule has 0 spiro atoms. The van der Waals surface area contributed by atoms with Gasteiger partial charge in [-0.1, -0.05) is 6.07 Å². The number of anilines is 2. The van der Waals surface area contributed by atoms with E-state index < -0.39 is 0 Å². The quantitative estimate of drug-likeness (QED) is 0.883. The van der Waals surface area contributed by atoms with E-state index in [-0.39, 0.29) is 17.7 Å². The molecule has 1 aliphatic heterocycles. The summed E-state index contributed by atoms with van der Waals surface area (Å²) in [6, 6.07) is 9.34. The van der Waals surface area contributed by atoms with Crippen LogP contribution in [0.25, 0.3) is 0 Å². The average molecular weight is 326 g/mol. The zero-order valence-electron chi connectivity index (χ0n) is 14.0. The van der Waals surface area contributed by atoms with Gasteiger partial charge in [0, 0.05) is 18.8 Å². The van der Waals surface area contributed by atoms with Crippen molar-refractivity contribution < 1.29 is 9.53 Å². The van der Waals surface area contributed by atoms with Crippen LogP contribution in [0, 0.1) is 13.8 Å². The smallest absolute Gasteiger partial charge is 0.276 e. The van der Waals surface area contributed by atoms with E-state index in [0.717, 1.165) is 36.3 Å². The number of carbonyl (C=O) groups excluding carboxylic acids is 1. The fraction of sp³-hybridized carbons (Fsp3) is 0.389. The number of carbonyl (C=O) groups is 1. The van der Waals surface area contributed by atoms with Crippen molar-refractivity contribution >= 4 is 17.4 Å². The Morgan fingerprint density at radius 3 is 2.62 bits per heavy atom. The molecular formula is C18H22N4O2. The molecule has 1 atom stereocenters. The van der Waals surface area contributed by atoms with Gasteiger partial charge < -0.3 is 15.4 Å². The molecule has 6 heteroatoms. The fourth-order valence-electron chi connectivity index (χ4n) is 2.81. The predicted molar refractivity (Wildman–Crippen MR) is 93.4 cm³/mol. The molecule has 24 heavy (non-hydrogen) atoms. The number of aryl methyl sites for hydroxylation is 2. The summed E-state index contributed by atoms with van der Waals surface area (Å²) in [7, 11) is 0. The first-order valence-corrected chi connectivity index (χ1v) is 8.19. The van der Waals surface area contributed by atoms with Crippen molar-refractivity contribution in [2.75, 3.05) is 23.8 Å². The van der Waals surface area contributed by atoms with Gasteiger partial charge >= 0.3 is 0 Å². The molecule has 126 valence electrons. The standard InChI is InChI=1S/C18H22N4O2/c1-12-8-13(2)10-14(9-12)20-18(23)16-5-6-17(22-21-16)19-11-15-4-3-7-24-15/h5-6,8-10,15H,3-4,7,11H2,1-2H3,(H,19,22)(H,20,23). The van der Waals surface area contributed by atoms with Crippen LogP contribution >= 0.6 is 0 Å². The van der Waals surface area contributed by atoms with E-state index in [1.54, 1.807) is 12.1 Å². The number of benzene rings is 1. The van der Waals surface area contributed by atoms with E-state index in [1.807, 2.05) is 26.0 Å². The van der Waals surface area contributed by atoms with Gasteiger partial charge in [0.2, 0.25) is 0 Å². The molecule has 1 aromatic heterocycles. The summed E-state index contributed by atoms with van der Waals surface area (Å²) >= 11 is 0. The normalized spacial score (nSPS) is 16.8. The second kappa shape index (κ2) is 7.40. The lowest BCUT2D eigenvalue weighted by Crippen LogP contribution is -2.20. The van der Waals surface area contributed by atoms with E-state index >= 15 is 0 Å². The van der Waals surface area contributed by atoms with E-state index in [2.05, 4.69) is 26.9 Å². The van der Waals surface area contributed by atoms with Crippen LogP contribution in [0.15, 0.2) is 30.3 Å². The summed E-state index contributed by atoms with van der Waals surface area (Å²) in [5.41, 5.74) is 3.26. The van der Waals surface area contributed by atoms with Crippen molar-refractivity contribution in [3.8, 4) is 0 Å². The lowest BCUT2D eigenvalue weighted by atomic mass is 10.1. The number of ether oxygens (including phenoxy) is 1. The minimum atomic E-state index is -0.266. The Kier molecular flexibility index (Phi) is 5.05. The van der Waals surface area contributed by atoms with Crippen LogP contribution in [0.2, 0.25) is 0 Å². The number of nitrogens with one attached hydrogen (secondary N) is 2. The van der Waals surface area contributed by atoms with Crippen molar-refractivity contribution in [2.45, 2.75) is 32.8 Å². The monoisotopic (exact) mass is 326 g/mol. The van der Waals surface area contributed by atoms with Crippen molar-refractivity contribution in [1.82, 2.24) is 10.2 Å². The summed E-state index contributed by atoms with van der Waals surface area (Å²) in [5, 5.41) is 14.1. The summed E-state index contributed by atoms with van der Waals surface area (Å²) in [6.07, 6.45) is 2.41. The van der Waals surface area contributed by atoms with E-state index in [0.29, 0.717) is 12.4 Å². The number of hydrogen-bond donors (Lipinski definition) is 2. The topological polar surface area (TPSA) is 76.1 Å². The molecule has 0 aliphatic carbocycles. The third kappa shape index (κ3) is 4.29. The number of hydrogen-bond acceptors (Lipinski definition) is 5. The van der Waals surface area contributed by atoms with Gasteiger partial charge in [-0.3, -0.25) is 4.79 Å². The Morgan fingerprint density at radius 1 is 1.21 bits per heavy atom. The molecule has 1 unspecified atom stereocenters. The van der Waals surface area contributed by atoms with Crippen LogP contribution in [-0.2, 0) is 4.74 Å². The van der Waals surface area contributed by atoms with Gasteiger partial charge in [0.1, 0.15) is 5.82 Å². The number of amides is 1. The average Bonchev–Trinajstić information content (AvgIpc) is 3.06. The van der Waals surface area contributed by atoms with Crippen molar-refractivity contribution in [3.05, 3.63) is 47.2 Å². The van der Waals surface area contributed by atoms with Crippen molar-refractivity contribution in [3.63, 3.8) is 0 Å². The van der Waals surface area contributed by atoms with Crippen LogP contribution in [0.3, 0.4) is 0 Å². The zero-order chi connectivity index (χ0) is 16.9. The minimum Gasteiger partial charge on any atom is -0.376 e. The lowest BCUT2D eigenvalue weighted by Gasteiger charge is -2.11. The Morgan fingerprint density at radius 2 is 2.00 bits per heavy atom. The highest BCUT2D eigenvalue weighted by atomic mass is 16.5. The molecule has 1 fully saturated rings. The molecule has 0 bridgehead atoms. The number of aromatic nitrogens is 2. The van der Waals surface area contributed by atoms with E-state index in [4.69, 9.17) is 4.74 Å². The third-order valence-electron chi connectivity index (χ3n) is 3.91. The Balaban J connectivity index is 1.58. The molecular weight excluding hydrogens is 304 g/mol. The Labute approximate surface area is 141 Å². The maximum Gasteiger partial charge on any atom is 0.276 e. The lowest BCUT2D eigenvalue weighted by molar-refractivity contribution is 0.102. The molecule has 2 N–H and O–H groups in total. The maximum absolute atomic E-state index is 12.3. The fourth-order valence-corrected chi connectivity index (χ4v) is 2.81. The van der Waals surface area contributed by atoms with Gasteiger partial charge in [-0.15, -0.1) is 10.2 Å². The Hall–Kier alpha value is -2.47. The summed E-state index contributed by atoms with van der Waals surface area (Å²) in [6.45, 7) is 5.53. The number of rotatable bonds is 5. The molecule has 1 saturated heterocycles. The zero-order valence-corrected chi connectivity index (χ0v) is 14.0. The molecule has 6 nitrogen and oxygen atoms in total. The van der Waals surface area contributed by atoms with Gasteiger partial charge in [-0.25, -0.2) is 0 Å². The SMILES string of the molecule is Cc1cc(C)cc(NC(=O)c2ccc(NCC3CCCO3)nn2)c1. The van der Waals surface area contributed by atoms with Crippen LogP contribution in [0.4, 0.5) is 11.5 Å².